The maximum Gasteiger partial charge on any atom is 0.239 e. The van der Waals surface area contributed by atoms with Crippen LogP contribution in [-0.4, -0.2) is 36.5 Å². The average Bonchev–Trinajstić information content (AvgIpc) is 3.09. The van der Waals surface area contributed by atoms with Crippen molar-refractivity contribution in [2.45, 2.75) is 31.3 Å². The predicted molar refractivity (Wildman–Crippen MR) is 112 cm³/mol. The van der Waals surface area contributed by atoms with Crippen LogP contribution in [0.15, 0.2) is 35.5 Å². The number of halogens is 1. The minimum atomic E-state index is -3.71. The highest BCUT2D eigenvalue weighted by Gasteiger charge is 2.41. The molecule has 1 aliphatic heterocycles. The van der Waals surface area contributed by atoms with Crippen molar-refractivity contribution >= 4 is 27.4 Å². The van der Waals surface area contributed by atoms with Crippen LogP contribution in [0, 0.1) is 12.4 Å². The number of hydrogen-bond donors (Lipinski definition) is 2. The Labute approximate surface area is 174 Å². The molecule has 156 valence electrons. The van der Waals surface area contributed by atoms with Gasteiger partial charge in [0.05, 0.1) is 24.1 Å². The molecule has 2 aromatic rings. The van der Waals surface area contributed by atoms with Crippen LogP contribution in [-0.2, 0) is 22.0 Å². The van der Waals surface area contributed by atoms with Crippen LogP contribution in [0.3, 0.4) is 0 Å². The zero-order valence-electron chi connectivity index (χ0n) is 16.6. The Morgan fingerprint density at radius 1 is 1.40 bits per heavy atom. The van der Waals surface area contributed by atoms with E-state index in [4.69, 9.17) is 12.3 Å². The van der Waals surface area contributed by atoms with Gasteiger partial charge in [-0.3, -0.25) is 4.98 Å². The quantitative estimate of drug-likeness (QED) is 0.732. The van der Waals surface area contributed by atoms with Crippen LogP contribution in [0.1, 0.15) is 36.2 Å². The Morgan fingerprint density at radius 2 is 2.17 bits per heavy atom. The van der Waals surface area contributed by atoms with Gasteiger partial charge in [-0.15, -0.1) is 0 Å². The first-order chi connectivity index (χ1) is 14.1. The van der Waals surface area contributed by atoms with Gasteiger partial charge in [-0.1, -0.05) is 0 Å². The van der Waals surface area contributed by atoms with Gasteiger partial charge in [-0.2, -0.15) is 0 Å². The number of nitrogens with zero attached hydrogens (tertiary/aromatic N) is 4. The van der Waals surface area contributed by atoms with E-state index in [1.165, 1.54) is 13.1 Å². The molecular weight excluding hydrogens is 407 g/mol. The van der Waals surface area contributed by atoms with Gasteiger partial charge in [-0.25, -0.2) is 27.0 Å². The van der Waals surface area contributed by atoms with Crippen molar-refractivity contribution in [3.8, 4) is 0 Å². The summed E-state index contributed by atoms with van der Waals surface area (Å²) < 4.78 is 40.5. The second-order valence-corrected chi connectivity index (χ2v) is 9.75. The lowest BCUT2D eigenvalue weighted by Crippen LogP contribution is -2.50. The zero-order chi connectivity index (χ0) is 21.7. The lowest BCUT2D eigenvalue weighted by Gasteiger charge is -2.34. The first-order valence-corrected chi connectivity index (χ1v) is 11.0. The summed E-state index contributed by atoms with van der Waals surface area (Å²) in [5.41, 5.74) is 7.63. The number of rotatable bonds is 3. The number of aryl methyl sites for hydroxylation is 1. The predicted octanol–water partition coefficient (Wildman–Crippen LogP) is 2.68. The van der Waals surface area contributed by atoms with E-state index in [0.29, 0.717) is 11.4 Å². The fourth-order valence-corrected chi connectivity index (χ4v) is 5.43. The van der Waals surface area contributed by atoms with E-state index in [9.17, 15) is 12.8 Å². The Balaban J connectivity index is 1.67. The molecule has 2 heterocycles. The van der Waals surface area contributed by atoms with Crippen molar-refractivity contribution < 1.29 is 12.8 Å². The van der Waals surface area contributed by atoms with Crippen molar-refractivity contribution in [1.29, 1.82) is 0 Å². The number of benzene rings is 1. The summed E-state index contributed by atoms with van der Waals surface area (Å²) in [5.74, 6) is -1.11. The van der Waals surface area contributed by atoms with E-state index in [-0.39, 0.29) is 23.3 Å². The molecule has 0 saturated heterocycles. The fourth-order valence-electron chi connectivity index (χ4n) is 3.98. The van der Waals surface area contributed by atoms with Gasteiger partial charge in [0, 0.05) is 24.5 Å². The summed E-state index contributed by atoms with van der Waals surface area (Å²) in [7, 11) is -2.38. The highest BCUT2D eigenvalue weighted by Crippen LogP contribution is 2.37. The van der Waals surface area contributed by atoms with Crippen LogP contribution in [0.25, 0.3) is 4.85 Å². The lowest BCUT2D eigenvalue weighted by molar-refractivity contribution is 0.458. The van der Waals surface area contributed by atoms with Gasteiger partial charge >= 0.3 is 0 Å². The van der Waals surface area contributed by atoms with Gasteiger partial charge in [0.15, 0.2) is 0 Å². The SMILES string of the molecule is [C-]#[N+]c1cnc2c(c1)CC[C@@H]2Nc1ccc(F)c([C@]2(C)CS(=O)(=O)N(C)C(N)=N2)c1. The molecule has 10 heteroatoms. The fraction of sp³-hybridized carbons (Fsp3) is 0.350. The summed E-state index contributed by atoms with van der Waals surface area (Å²) in [6, 6.07) is 6.24. The molecule has 0 amide bonds. The normalized spacial score (nSPS) is 24.7. The number of nitrogens with one attached hydrogen (secondary N) is 1. The van der Waals surface area contributed by atoms with Crippen molar-refractivity contribution in [2.75, 3.05) is 18.1 Å². The third-order valence-electron chi connectivity index (χ3n) is 5.60. The number of fused-ring (bicyclic) bond motifs is 1. The van der Waals surface area contributed by atoms with Gasteiger partial charge in [-0.05, 0) is 49.6 Å². The molecule has 8 nitrogen and oxygen atoms in total. The summed E-state index contributed by atoms with van der Waals surface area (Å²) in [5, 5.41) is 3.35. The molecule has 2 aliphatic rings. The molecule has 1 aliphatic carbocycles. The highest BCUT2D eigenvalue weighted by molar-refractivity contribution is 7.89. The highest BCUT2D eigenvalue weighted by atomic mass is 32.2. The van der Waals surface area contributed by atoms with Crippen LogP contribution in [0.2, 0.25) is 0 Å². The number of nitrogens with two attached hydrogens (primary N) is 1. The average molecular weight is 428 g/mol. The summed E-state index contributed by atoms with van der Waals surface area (Å²) in [4.78, 5) is 12.1. The van der Waals surface area contributed by atoms with E-state index >= 15 is 0 Å². The molecular formula is C20H21FN6O2S. The van der Waals surface area contributed by atoms with Gasteiger partial charge in [0.1, 0.15) is 11.4 Å². The first-order valence-electron chi connectivity index (χ1n) is 9.38. The third kappa shape index (κ3) is 3.35. The number of pyridine rings is 1. The molecule has 1 aromatic carbocycles. The van der Waals surface area contributed by atoms with Crippen LogP contribution < -0.4 is 11.1 Å². The third-order valence-corrected chi connectivity index (χ3v) is 7.55. The van der Waals surface area contributed by atoms with Gasteiger partial charge in [0.25, 0.3) is 0 Å². The monoisotopic (exact) mass is 428 g/mol. The van der Waals surface area contributed by atoms with E-state index in [0.717, 1.165) is 28.4 Å². The molecule has 0 fully saturated rings. The smallest absolute Gasteiger partial charge is 0.239 e. The Bertz CT molecular complexity index is 1210. The van der Waals surface area contributed by atoms with Gasteiger partial charge in [0.2, 0.25) is 21.7 Å². The Morgan fingerprint density at radius 3 is 2.87 bits per heavy atom. The number of sulfonamides is 1. The molecule has 0 spiro atoms. The number of aliphatic imine (C=N–C) groups is 1. The molecule has 2 atom stereocenters. The molecule has 0 bridgehead atoms. The first kappa shape index (κ1) is 20.1. The molecule has 4 rings (SSSR count). The summed E-state index contributed by atoms with van der Waals surface area (Å²) in [6.07, 6.45) is 3.13. The Hall–Kier alpha value is -3.19. The largest absolute Gasteiger partial charge is 0.377 e. The van der Waals surface area contributed by atoms with Crippen molar-refractivity contribution in [2.24, 2.45) is 10.7 Å². The summed E-state index contributed by atoms with van der Waals surface area (Å²) in [6.45, 7) is 8.68. The van der Waals surface area contributed by atoms with Crippen molar-refractivity contribution in [1.82, 2.24) is 9.29 Å². The second kappa shape index (κ2) is 6.95. The van der Waals surface area contributed by atoms with Crippen molar-refractivity contribution in [3.63, 3.8) is 0 Å². The van der Waals surface area contributed by atoms with Crippen LogP contribution >= 0.6 is 0 Å². The maximum absolute atomic E-state index is 14.7. The molecule has 3 N–H and O–H groups in total. The number of anilines is 1. The second-order valence-electron chi connectivity index (χ2n) is 7.75. The minimum Gasteiger partial charge on any atom is -0.377 e. The molecule has 30 heavy (non-hydrogen) atoms. The summed E-state index contributed by atoms with van der Waals surface area (Å²) >= 11 is 0. The van der Waals surface area contributed by atoms with Crippen LogP contribution in [0.4, 0.5) is 15.8 Å². The number of aromatic nitrogens is 1. The van der Waals surface area contributed by atoms with Gasteiger partial charge < -0.3 is 11.1 Å². The molecule has 0 unspecified atom stereocenters. The van der Waals surface area contributed by atoms with Crippen LogP contribution in [0.5, 0.6) is 0 Å². The topological polar surface area (TPSA) is 105 Å². The Kier molecular flexibility index (Phi) is 4.66. The minimum absolute atomic E-state index is 0.0827. The molecule has 0 saturated carbocycles. The number of guanidine groups is 1. The standard InChI is InChI=1S/C20H21FN6O2S/c1-20(11-30(28,29)27(3)19(22)26-20)15-9-13(5-6-16(15)21)25-17-7-4-12-8-14(23-2)10-24-18(12)17/h5-6,8-10,17,25H,4,7,11H2,1,3H3,(H2,22,26)/t17-,20-/m0/s1. The van der Waals surface area contributed by atoms with E-state index in [2.05, 4.69) is 20.1 Å². The lowest BCUT2D eigenvalue weighted by atomic mass is 9.93. The number of hydrogen-bond acceptors (Lipinski definition) is 6. The van der Waals surface area contributed by atoms with E-state index in [1.807, 2.05) is 6.07 Å². The maximum atomic E-state index is 14.7. The zero-order valence-corrected chi connectivity index (χ0v) is 17.4. The van der Waals surface area contributed by atoms with E-state index in [1.54, 1.807) is 25.3 Å². The molecule has 1 aromatic heterocycles. The van der Waals surface area contributed by atoms with Crippen molar-refractivity contribution in [3.05, 3.63) is 64.5 Å². The van der Waals surface area contributed by atoms with E-state index < -0.39 is 21.4 Å². The molecule has 0 radical (unpaired) electrons.